The number of hydrogen-bond acceptors (Lipinski definition) is 2. The molecular weight excluding hydrogens is 138 g/mol. The Morgan fingerprint density at radius 3 is 2.55 bits per heavy atom. The van der Waals surface area contributed by atoms with Crippen LogP contribution in [0.4, 0.5) is 0 Å². The van der Waals surface area contributed by atoms with Crippen LogP contribution >= 0.6 is 0 Å². The Labute approximate surface area is 69.0 Å². The lowest BCUT2D eigenvalue weighted by atomic mass is 10.1. The second kappa shape index (κ2) is 4.07. The predicted octanol–water partition coefficient (Wildman–Crippen LogP) is 1.15. The third-order valence-corrected chi connectivity index (χ3v) is 1.96. The fourth-order valence-corrected chi connectivity index (χ4v) is 1.22. The molecule has 1 unspecified atom stereocenters. The molecule has 66 valence electrons. The summed E-state index contributed by atoms with van der Waals surface area (Å²) in [5.74, 6) is 0.603. The summed E-state index contributed by atoms with van der Waals surface area (Å²) >= 11 is 0. The summed E-state index contributed by atoms with van der Waals surface area (Å²) in [6.07, 6.45) is 3.37. The van der Waals surface area contributed by atoms with E-state index in [1.54, 1.807) is 0 Å². The Morgan fingerprint density at radius 1 is 1.45 bits per heavy atom. The molecule has 0 radical (unpaired) electrons. The van der Waals surface area contributed by atoms with Gasteiger partial charge < -0.3 is 10.4 Å². The van der Waals surface area contributed by atoms with Crippen molar-refractivity contribution in [3.05, 3.63) is 0 Å². The van der Waals surface area contributed by atoms with Gasteiger partial charge in [0.25, 0.3) is 0 Å². The van der Waals surface area contributed by atoms with Crippen molar-refractivity contribution >= 4 is 0 Å². The predicted molar refractivity (Wildman–Crippen MR) is 46.5 cm³/mol. The van der Waals surface area contributed by atoms with Crippen molar-refractivity contribution < 1.29 is 5.11 Å². The van der Waals surface area contributed by atoms with Gasteiger partial charge in [-0.15, -0.1) is 0 Å². The third kappa shape index (κ3) is 4.38. The first-order valence-corrected chi connectivity index (χ1v) is 4.60. The summed E-state index contributed by atoms with van der Waals surface area (Å²) in [6.45, 7) is 5.06. The quantitative estimate of drug-likeness (QED) is 0.627. The molecule has 2 heteroatoms. The lowest BCUT2D eigenvalue weighted by Crippen LogP contribution is -2.29. The van der Waals surface area contributed by atoms with Gasteiger partial charge in [-0.3, -0.25) is 0 Å². The van der Waals surface area contributed by atoms with E-state index in [1.165, 1.54) is 12.8 Å². The van der Waals surface area contributed by atoms with Gasteiger partial charge in [-0.05, 0) is 25.2 Å². The molecule has 0 aromatic carbocycles. The Bertz CT molecular complexity index is 110. The van der Waals surface area contributed by atoms with Crippen LogP contribution in [0, 0.1) is 5.92 Å². The van der Waals surface area contributed by atoms with Crippen LogP contribution < -0.4 is 5.32 Å². The maximum Gasteiger partial charge on any atom is 0.0667 e. The van der Waals surface area contributed by atoms with E-state index in [0.29, 0.717) is 5.92 Å². The molecule has 0 saturated heterocycles. The summed E-state index contributed by atoms with van der Waals surface area (Å²) < 4.78 is 0. The van der Waals surface area contributed by atoms with Crippen molar-refractivity contribution in [2.24, 2.45) is 5.92 Å². The van der Waals surface area contributed by atoms with E-state index in [1.807, 2.05) is 0 Å². The molecule has 0 amide bonds. The van der Waals surface area contributed by atoms with Crippen molar-refractivity contribution in [3.8, 4) is 0 Å². The Kier molecular flexibility index (Phi) is 3.34. The average Bonchev–Trinajstić information content (AvgIpc) is 2.63. The molecular formula is C9H19NO. The lowest BCUT2D eigenvalue weighted by Gasteiger charge is -2.13. The van der Waals surface area contributed by atoms with Gasteiger partial charge in [0, 0.05) is 12.6 Å². The lowest BCUT2D eigenvalue weighted by molar-refractivity contribution is 0.146. The van der Waals surface area contributed by atoms with E-state index in [2.05, 4.69) is 19.2 Å². The van der Waals surface area contributed by atoms with E-state index in [4.69, 9.17) is 0 Å². The summed E-state index contributed by atoms with van der Waals surface area (Å²) in [5, 5.41) is 12.7. The molecule has 0 aromatic heterocycles. The Hall–Kier alpha value is -0.0800. The number of rotatable bonds is 5. The molecule has 11 heavy (non-hydrogen) atoms. The number of hydrogen-bond donors (Lipinski definition) is 2. The molecule has 2 N–H and O–H groups in total. The maximum atomic E-state index is 9.43. The highest BCUT2D eigenvalue weighted by molar-refractivity contribution is 4.81. The number of aliphatic hydroxyl groups excluding tert-OH is 1. The van der Waals surface area contributed by atoms with Gasteiger partial charge in [0.15, 0.2) is 0 Å². The minimum atomic E-state index is -0.143. The average molecular weight is 157 g/mol. The van der Waals surface area contributed by atoms with Crippen LogP contribution in [-0.4, -0.2) is 23.8 Å². The SMILES string of the molecule is CC(C)CC(O)CNC1CC1. The molecule has 0 heterocycles. The second-order valence-electron chi connectivity index (χ2n) is 3.97. The molecule has 0 aliphatic heterocycles. The van der Waals surface area contributed by atoms with Gasteiger partial charge >= 0.3 is 0 Å². The van der Waals surface area contributed by atoms with Gasteiger partial charge in [0.2, 0.25) is 0 Å². The highest BCUT2D eigenvalue weighted by Crippen LogP contribution is 2.18. The highest BCUT2D eigenvalue weighted by atomic mass is 16.3. The summed E-state index contributed by atoms with van der Waals surface area (Å²) in [5.41, 5.74) is 0. The van der Waals surface area contributed by atoms with Crippen LogP contribution in [0.5, 0.6) is 0 Å². The highest BCUT2D eigenvalue weighted by Gasteiger charge is 2.21. The smallest absolute Gasteiger partial charge is 0.0667 e. The minimum Gasteiger partial charge on any atom is -0.392 e. The monoisotopic (exact) mass is 157 g/mol. The first-order chi connectivity index (χ1) is 5.18. The second-order valence-corrected chi connectivity index (χ2v) is 3.97. The molecule has 1 aliphatic carbocycles. The Balaban J connectivity index is 1.95. The van der Waals surface area contributed by atoms with Gasteiger partial charge in [0.05, 0.1) is 6.10 Å². The van der Waals surface area contributed by atoms with Crippen molar-refractivity contribution in [1.29, 1.82) is 0 Å². The van der Waals surface area contributed by atoms with Gasteiger partial charge in [-0.25, -0.2) is 0 Å². The number of aliphatic hydroxyl groups is 1. The molecule has 0 spiro atoms. The van der Waals surface area contributed by atoms with Crippen LogP contribution in [-0.2, 0) is 0 Å². The molecule has 1 rings (SSSR count). The molecule has 0 aromatic rings. The minimum absolute atomic E-state index is 0.143. The zero-order valence-corrected chi connectivity index (χ0v) is 7.51. The number of nitrogens with one attached hydrogen (secondary N) is 1. The van der Waals surface area contributed by atoms with Crippen molar-refractivity contribution in [1.82, 2.24) is 5.32 Å². The third-order valence-electron chi connectivity index (χ3n) is 1.96. The van der Waals surface area contributed by atoms with Crippen LogP contribution in [0.15, 0.2) is 0 Å². The van der Waals surface area contributed by atoms with Crippen molar-refractivity contribution in [2.45, 2.75) is 45.3 Å². The van der Waals surface area contributed by atoms with E-state index in [9.17, 15) is 5.11 Å². The summed E-state index contributed by atoms with van der Waals surface area (Å²) in [6, 6.07) is 0.719. The molecule has 0 bridgehead atoms. The molecule has 1 fully saturated rings. The summed E-state index contributed by atoms with van der Waals surface area (Å²) in [7, 11) is 0. The fraction of sp³-hybridized carbons (Fsp3) is 1.00. The Morgan fingerprint density at radius 2 is 2.09 bits per heavy atom. The molecule has 1 saturated carbocycles. The fourth-order valence-electron chi connectivity index (χ4n) is 1.22. The van der Waals surface area contributed by atoms with Gasteiger partial charge in [-0.1, -0.05) is 13.8 Å². The first kappa shape index (κ1) is 9.01. The van der Waals surface area contributed by atoms with Gasteiger partial charge in [0.1, 0.15) is 0 Å². The van der Waals surface area contributed by atoms with E-state index in [-0.39, 0.29) is 6.10 Å². The van der Waals surface area contributed by atoms with Crippen LogP contribution in [0.1, 0.15) is 33.1 Å². The van der Waals surface area contributed by atoms with Crippen LogP contribution in [0.25, 0.3) is 0 Å². The standard InChI is InChI=1S/C9H19NO/c1-7(2)5-9(11)6-10-8-3-4-8/h7-11H,3-6H2,1-2H3. The van der Waals surface area contributed by atoms with E-state index >= 15 is 0 Å². The zero-order chi connectivity index (χ0) is 8.27. The molecule has 1 atom stereocenters. The van der Waals surface area contributed by atoms with Crippen LogP contribution in [0.3, 0.4) is 0 Å². The van der Waals surface area contributed by atoms with E-state index < -0.39 is 0 Å². The summed E-state index contributed by atoms with van der Waals surface area (Å²) in [4.78, 5) is 0. The normalized spacial score (nSPS) is 20.7. The van der Waals surface area contributed by atoms with Gasteiger partial charge in [-0.2, -0.15) is 0 Å². The first-order valence-electron chi connectivity index (χ1n) is 4.60. The maximum absolute atomic E-state index is 9.43. The van der Waals surface area contributed by atoms with Crippen LogP contribution in [0.2, 0.25) is 0 Å². The topological polar surface area (TPSA) is 32.3 Å². The van der Waals surface area contributed by atoms with Crippen molar-refractivity contribution in [3.63, 3.8) is 0 Å². The largest absolute Gasteiger partial charge is 0.392 e. The van der Waals surface area contributed by atoms with E-state index in [0.717, 1.165) is 19.0 Å². The molecule has 2 nitrogen and oxygen atoms in total. The molecule has 1 aliphatic rings. The zero-order valence-electron chi connectivity index (χ0n) is 7.51. The van der Waals surface area contributed by atoms with Crippen molar-refractivity contribution in [2.75, 3.05) is 6.54 Å².